The number of nitrogens with zero attached hydrogens (tertiary/aromatic N) is 4. The van der Waals surface area contributed by atoms with E-state index in [0.717, 1.165) is 41.7 Å². The van der Waals surface area contributed by atoms with Gasteiger partial charge in [0.2, 0.25) is 0 Å². The predicted octanol–water partition coefficient (Wildman–Crippen LogP) is 5.87. The van der Waals surface area contributed by atoms with Crippen LogP contribution in [0.3, 0.4) is 0 Å². The molecule has 2 heterocycles. The Kier molecular flexibility index (Phi) is 6.94. The molecule has 1 amide bonds. The number of morpholine rings is 1. The number of amides is 1. The van der Waals surface area contributed by atoms with Gasteiger partial charge in [-0.05, 0) is 54.2 Å². The Bertz CT molecular complexity index is 1430. The SMILES string of the molecule is O=C(c1ccc(N2CCOCC2)c([N+](=O)[O-])c1)N1N=C2/C(=C/c3ccccc3)CCC[C@H]2[C@@H]1c1ccccc1. The lowest BCUT2D eigenvalue weighted by molar-refractivity contribution is -0.384. The van der Waals surface area contributed by atoms with Gasteiger partial charge in [0.05, 0.1) is 29.9 Å². The topological polar surface area (TPSA) is 88.3 Å². The van der Waals surface area contributed by atoms with E-state index in [-0.39, 0.29) is 29.1 Å². The van der Waals surface area contributed by atoms with Crippen molar-refractivity contribution in [1.82, 2.24) is 5.01 Å². The lowest BCUT2D eigenvalue weighted by atomic mass is 9.77. The Hall–Kier alpha value is -4.30. The summed E-state index contributed by atoms with van der Waals surface area (Å²) in [5, 5.41) is 18.6. The molecule has 198 valence electrons. The Balaban J connectivity index is 1.39. The van der Waals surface area contributed by atoms with E-state index in [1.807, 2.05) is 53.4 Å². The van der Waals surface area contributed by atoms with Crippen molar-refractivity contribution in [2.45, 2.75) is 25.3 Å². The number of ether oxygens (including phenoxy) is 1. The maximum absolute atomic E-state index is 14.0. The second kappa shape index (κ2) is 10.8. The summed E-state index contributed by atoms with van der Waals surface area (Å²) in [5.74, 6) is -0.274. The number of hydrogen-bond acceptors (Lipinski definition) is 6. The molecule has 3 aromatic rings. The smallest absolute Gasteiger partial charge is 0.293 e. The molecule has 0 unspecified atom stereocenters. The highest BCUT2D eigenvalue weighted by molar-refractivity contribution is 6.09. The lowest BCUT2D eigenvalue weighted by Crippen LogP contribution is -2.36. The van der Waals surface area contributed by atoms with Crippen molar-refractivity contribution in [1.29, 1.82) is 0 Å². The van der Waals surface area contributed by atoms with Crippen LogP contribution in [0.15, 0.2) is 89.5 Å². The molecule has 39 heavy (non-hydrogen) atoms. The van der Waals surface area contributed by atoms with Gasteiger partial charge in [-0.1, -0.05) is 60.7 Å². The fraction of sp³-hybridized carbons (Fsp3) is 0.290. The van der Waals surface area contributed by atoms with E-state index >= 15 is 0 Å². The fourth-order valence-electron chi connectivity index (χ4n) is 5.91. The zero-order valence-electron chi connectivity index (χ0n) is 21.6. The molecule has 8 nitrogen and oxygen atoms in total. The van der Waals surface area contributed by atoms with Gasteiger partial charge in [-0.15, -0.1) is 0 Å². The van der Waals surface area contributed by atoms with Crippen molar-refractivity contribution in [3.8, 4) is 0 Å². The van der Waals surface area contributed by atoms with Gasteiger partial charge in [-0.25, -0.2) is 5.01 Å². The fourth-order valence-corrected chi connectivity index (χ4v) is 5.91. The molecule has 0 spiro atoms. The molecule has 8 heteroatoms. The van der Waals surface area contributed by atoms with Gasteiger partial charge in [-0.3, -0.25) is 14.9 Å². The first-order chi connectivity index (χ1) is 19.1. The maximum atomic E-state index is 14.0. The van der Waals surface area contributed by atoms with Crippen molar-refractivity contribution >= 4 is 29.1 Å². The van der Waals surface area contributed by atoms with Crippen LogP contribution in [0.1, 0.15) is 46.8 Å². The van der Waals surface area contributed by atoms with E-state index in [0.29, 0.717) is 32.0 Å². The third-order valence-corrected chi connectivity index (χ3v) is 7.76. The van der Waals surface area contributed by atoms with Crippen LogP contribution in [0.4, 0.5) is 11.4 Å². The average molecular weight is 523 g/mol. The number of hydrazone groups is 1. The molecule has 1 saturated carbocycles. The molecule has 2 aliphatic heterocycles. The molecule has 0 radical (unpaired) electrons. The molecule has 0 N–H and O–H groups in total. The number of rotatable bonds is 5. The molecule has 0 bridgehead atoms. The Labute approximate surface area is 227 Å². The first-order valence-electron chi connectivity index (χ1n) is 13.4. The van der Waals surface area contributed by atoms with Crippen molar-refractivity contribution in [3.05, 3.63) is 111 Å². The zero-order chi connectivity index (χ0) is 26.8. The van der Waals surface area contributed by atoms with Gasteiger partial charge in [-0.2, -0.15) is 5.10 Å². The minimum atomic E-state index is -0.410. The van der Waals surface area contributed by atoms with Gasteiger partial charge in [0.15, 0.2) is 0 Å². The predicted molar refractivity (Wildman–Crippen MR) is 151 cm³/mol. The molecule has 2 fully saturated rings. The van der Waals surface area contributed by atoms with E-state index in [2.05, 4.69) is 18.2 Å². The third-order valence-electron chi connectivity index (χ3n) is 7.76. The molecule has 1 saturated heterocycles. The molecule has 2 atom stereocenters. The number of anilines is 1. The van der Waals surface area contributed by atoms with Gasteiger partial charge < -0.3 is 9.64 Å². The molecule has 6 rings (SSSR count). The number of nitro groups is 1. The van der Waals surface area contributed by atoms with E-state index in [4.69, 9.17) is 9.84 Å². The van der Waals surface area contributed by atoms with Crippen LogP contribution in [-0.4, -0.2) is 47.9 Å². The molecule has 0 aromatic heterocycles. The zero-order valence-corrected chi connectivity index (χ0v) is 21.6. The van der Waals surface area contributed by atoms with Gasteiger partial charge in [0, 0.05) is 30.6 Å². The van der Waals surface area contributed by atoms with Crippen LogP contribution in [0.25, 0.3) is 6.08 Å². The quantitative estimate of drug-likeness (QED) is 0.309. The summed E-state index contributed by atoms with van der Waals surface area (Å²) >= 11 is 0. The minimum Gasteiger partial charge on any atom is -0.378 e. The van der Waals surface area contributed by atoms with E-state index in [1.54, 1.807) is 17.1 Å². The Morgan fingerprint density at radius 3 is 2.44 bits per heavy atom. The van der Waals surface area contributed by atoms with Crippen molar-refractivity contribution in [3.63, 3.8) is 0 Å². The number of fused-ring (bicyclic) bond motifs is 1. The van der Waals surface area contributed by atoms with Crippen LogP contribution in [0.2, 0.25) is 0 Å². The van der Waals surface area contributed by atoms with E-state index in [9.17, 15) is 14.9 Å². The summed E-state index contributed by atoms with van der Waals surface area (Å²) in [5.41, 5.74) is 4.88. The van der Waals surface area contributed by atoms with Crippen molar-refractivity contribution in [2.75, 3.05) is 31.2 Å². The van der Waals surface area contributed by atoms with Crippen molar-refractivity contribution in [2.24, 2.45) is 11.0 Å². The molecular formula is C31H30N4O4. The number of carbonyl (C=O) groups excluding carboxylic acids is 1. The van der Waals surface area contributed by atoms with Crippen LogP contribution < -0.4 is 4.90 Å². The maximum Gasteiger partial charge on any atom is 0.293 e. The summed E-state index contributed by atoms with van der Waals surface area (Å²) in [6.07, 6.45) is 4.99. The van der Waals surface area contributed by atoms with Gasteiger partial charge in [0.25, 0.3) is 11.6 Å². The summed E-state index contributed by atoms with van der Waals surface area (Å²) in [7, 11) is 0. The number of carbonyl (C=O) groups is 1. The molecular weight excluding hydrogens is 492 g/mol. The summed E-state index contributed by atoms with van der Waals surface area (Å²) in [4.78, 5) is 27.6. The van der Waals surface area contributed by atoms with Crippen molar-refractivity contribution < 1.29 is 14.5 Å². The Morgan fingerprint density at radius 1 is 1.00 bits per heavy atom. The Morgan fingerprint density at radius 2 is 1.72 bits per heavy atom. The molecule has 3 aromatic carbocycles. The average Bonchev–Trinajstić information content (AvgIpc) is 3.38. The lowest BCUT2D eigenvalue weighted by Gasteiger charge is -2.30. The van der Waals surface area contributed by atoms with Crippen LogP contribution in [-0.2, 0) is 4.74 Å². The highest BCUT2D eigenvalue weighted by Crippen LogP contribution is 2.45. The first-order valence-corrected chi connectivity index (χ1v) is 13.4. The monoisotopic (exact) mass is 522 g/mol. The number of hydrogen-bond donors (Lipinski definition) is 0. The van der Waals surface area contributed by atoms with Gasteiger partial charge >= 0.3 is 0 Å². The summed E-state index contributed by atoms with van der Waals surface area (Å²) in [6.45, 7) is 2.18. The molecule has 3 aliphatic rings. The first kappa shape index (κ1) is 25.0. The molecule has 1 aliphatic carbocycles. The largest absolute Gasteiger partial charge is 0.378 e. The van der Waals surface area contributed by atoms with Gasteiger partial charge in [0.1, 0.15) is 5.69 Å². The van der Waals surface area contributed by atoms with Crippen LogP contribution >= 0.6 is 0 Å². The minimum absolute atomic E-state index is 0.0580. The van der Waals surface area contributed by atoms with E-state index < -0.39 is 4.92 Å². The van der Waals surface area contributed by atoms with Crippen LogP contribution in [0.5, 0.6) is 0 Å². The van der Waals surface area contributed by atoms with Crippen LogP contribution in [0, 0.1) is 16.0 Å². The van der Waals surface area contributed by atoms with E-state index in [1.165, 1.54) is 6.07 Å². The summed E-state index contributed by atoms with van der Waals surface area (Å²) in [6, 6.07) is 24.6. The standard InChI is InChI=1S/C31H30N4O4/c36-31(25-14-15-27(28(21-25)35(37)38)33-16-18-39-19-17-33)34-30(23-10-5-2-6-11-23)26-13-7-12-24(29(26)32-34)20-22-8-3-1-4-9-22/h1-6,8-11,14-15,20-21,26,30H,7,12-13,16-19H2/b24-20+/t26-,30+/m1/s1. The number of benzene rings is 3. The summed E-state index contributed by atoms with van der Waals surface area (Å²) < 4.78 is 5.41. The second-order valence-electron chi connectivity index (χ2n) is 10.1. The normalized spacial score (nSPS) is 21.9. The number of nitro benzene ring substituents is 1. The highest BCUT2D eigenvalue weighted by Gasteiger charge is 2.44. The number of allylic oxidation sites excluding steroid dienone is 1. The third kappa shape index (κ3) is 4.95. The highest BCUT2D eigenvalue weighted by atomic mass is 16.6. The second-order valence-corrected chi connectivity index (χ2v) is 10.1.